The number of carbonyl (C=O) groups excluding carboxylic acids is 1. The molecule has 156 valence electrons. The predicted molar refractivity (Wildman–Crippen MR) is 114 cm³/mol. The molecule has 1 atom stereocenters. The van der Waals surface area contributed by atoms with Crippen LogP contribution in [0.2, 0.25) is 0 Å². The molecule has 1 N–H and O–H groups in total. The number of amides is 1. The monoisotopic (exact) mass is 398 g/mol. The summed E-state index contributed by atoms with van der Waals surface area (Å²) in [6.45, 7) is 7.28. The highest BCUT2D eigenvalue weighted by Crippen LogP contribution is 2.29. The molecule has 0 radical (unpaired) electrons. The smallest absolute Gasteiger partial charge is 0.407 e. The zero-order valence-corrected chi connectivity index (χ0v) is 17.6. The Hall–Kier alpha value is -2.89. The Labute approximate surface area is 172 Å². The Kier molecular flexibility index (Phi) is 6.52. The summed E-state index contributed by atoms with van der Waals surface area (Å²) in [4.78, 5) is 14.4. The van der Waals surface area contributed by atoms with Crippen molar-refractivity contribution in [2.75, 3.05) is 25.1 Å². The summed E-state index contributed by atoms with van der Waals surface area (Å²) in [5.74, 6) is 2.24. The Balaban J connectivity index is 1.64. The van der Waals surface area contributed by atoms with E-state index in [9.17, 15) is 4.79 Å². The summed E-state index contributed by atoms with van der Waals surface area (Å²) in [7, 11) is 1.64. The fourth-order valence-electron chi connectivity index (χ4n) is 3.35. The van der Waals surface area contributed by atoms with Crippen molar-refractivity contribution >= 4 is 11.8 Å². The van der Waals surface area contributed by atoms with E-state index in [1.165, 1.54) is 0 Å². The molecule has 1 aliphatic rings. The Morgan fingerprint density at radius 2 is 1.76 bits per heavy atom. The molecule has 0 bridgehead atoms. The van der Waals surface area contributed by atoms with E-state index in [4.69, 9.17) is 14.2 Å². The van der Waals surface area contributed by atoms with E-state index >= 15 is 0 Å². The third-order valence-corrected chi connectivity index (χ3v) is 4.60. The second-order valence-electron chi connectivity index (χ2n) is 8.21. The molecule has 0 aromatic heterocycles. The first kappa shape index (κ1) is 20.8. The van der Waals surface area contributed by atoms with E-state index in [0.717, 1.165) is 48.9 Å². The molecule has 1 saturated heterocycles. The third kappa shape index (κ3) is 6.31. The van der Waals surface area contributed by atoms with Gasteiger partial charge in [-0.15, -0.1) is 0 Å². The molecule has 0 aliphatic carbocycles. The summed E-state index contributed by atoms with van der Waals surface area (Å²) in [5, 5.41) is 2.99. The zero-order chi connectivity index (χ0) is 20.9. The second kappa shape index (κ2) is 9.07. The van der Waals surface area contributed by atoms with Gasteiger partial charge in [0.25, 0.3) is 0 Å². The van der Waals surface area contributed by atoms with Gasteiger partial charge in [0.15, 0.2) is 0 Å². The Bertz CT molecular complexity index is 832. The SMILES string of the molecule is COc1cccc(Oc2cccc(N3CCC[C@H](NC(=O)OC(C)(C)C)C3)c2)c1. The van der Waals surface area contributed by atoms with Gasteiger partial charge in [-0.05, 0) is 57.9 Å². The number of carbonyl (C=O) groups is 1. The molecule has 0 saturated carbocycles. The third-order valence-electron chi connectivity index (χ3n) is 4.60. The molecule has 0 spiro atoms. The van der Waals surface area contributed by atoms with Crippen molar-refractivity contribution in [2.45, 2.75) is 45.3 Å². The minimum absolute atomic E-state index is 0.0570. The normalized spacial score (nSPS) is 16.8. The number of rotatable bonds is 5. The van der Waals surface area contributed by atoms with Crippen molar-refractivity contribution < 1.29 is 19.0 Å². The lowest BCUT2D eigenvalue weighted by atomic mass is 10.0. The standard InChI is InChI=1S/C23H30N2O4/c1-23(2,3)29-22(26)24-17-8-7-13-25(16-17)18-9-5-11-20(14-18)28-21-12-6-10-19(15-21)27-4/h5-6,9-12,14-15,17H,7-8,13,16H2,1-4H3,(H,24,26)/t17-/m0/s1. The number of alkyl carbamates (subject to hydrolysis) is 1. The maximum Gasteiger partial charge on any atom is 0.407 e. The number of piperidine rings is 1. The molecular formula is C23H30N2O4. The van der Waals surface area contributed by atoms with Crippen LogP contribution in [0.5, 0.6) is 17.2 Å². The molecule has 2 aromatic carbocycles. The molecule has 0 unspecified atom stereocenters. The van der Waals surface area contributed by atoms with E-state index in [2.05, 4.69) is 16.3 Å². The molecule has 1 fully saturated rings. The van der Waals surface area contributed by atoms with Gasteiger partial charge in [-0.1, -0.05) is 12.1 Å². The predicted octanol–water partition coefficient (Wildman–Crippen LogP) is 4.98. The van der Waals surface area contributed by atoms with Gasteiger partial charge in [0.2, 0.25) is 0 Å². The van der Waals surface area contributed by atoms with Gasteiger partial charge in [0.1, 0.15) is 22.8 Å². The number of nitrogens with one attached hydrogen (secondary N) is 1. The van der Waals surface area contributed by atoms with Gasteiger partial charge in [-0.3, -0.25) is 0 Å². The van der Waals surface area contributed by atoms with Crippen molar-refractivity contribution in [3.63, 3.8) is 0 Å². The van der Waals surface area contributed by atoms with Crippen LogP contribution in [-0.2, 0) is 4.74 Å². The molecule has 3 rings (SSSR count). The topological polar surface area (TPSA) is 60.0 Å². The Morgan fingerprint density at radius 1 is 1.07 bits per heavy atom. The summed E-state index contributed by atoms with van der Waals surface area (Å²) in [6.07, 6.45) is 1.58. The van der Waals surface area contributed by atoms with Gasteiger partial charge in [0.05, 0.1) is 7.11 Å². The van der Waals surface area contributed by atoms with Crippen LogP contribution in [0, 0.1) is 0 Å². The summed E-state index contributed by atoms with van der Waals surface area (Å²) < 4.78 is 16.6. The van der Waals surface area contributed by atoms with Crippen LogP contribution in [0.15, 0.2) is 48.5 Å². The maximum atomic E-state index is 12.1. The molecule has 1 amide bonds. The van der Waals surface area contributed by atoms with Gasteiger partial charge < -0.3 is 24.4 Å². The van der Waals surface area contributed by atoms with Crippen molar-refractivity contribution in [1.29, 1.82) is 0 Å². The molecule has 1 heterocycles. The van der Waals surface area contributed by atoms with Crippen molar-refractivity contribution in [2.24, 2.45) is 0 Å². The first-order valence-electron chi connectivity index (χ1n) is 9.99. The molecule has 1 aliphatic heterocycles. The van der Waals surface area contributed by atoms with Crippen LogP contribution in [0.4, 0.5) is 10.5 Å². The van der Waals surface area contributed by atoms with Crippen molar-refractivity contribution in [1.82, 2.24) is 5.32 Å². The quantitative estimate of drug-likeness (QED) is 0.770. The highest BCUT2D eigenvalue weighted by molar-refractivity contribution is 5.68. The fraction of sp³-hybridized carbons (Fsp3) is 0.435. The molecule has 29 heavy (non-hydrogen) atoms. The van der Waals surface area contributed by atoms with E-state index in [-0.39, 0.29) is 12.1 Å². The lowest BCUT2D eigenvalue weighted by molar-refractivity contribution is 0.0500. The van der Waals surface area contributed by atoms with Crippen LogP contribution in [0.25, 0.3) is 0 Å². The number of hydrogen-bond donors (Lipinski definition) is 1. The number of hydrogen-bond acceptors (Lipinski definition) is 5. The lowest BCUT2D eigenvalue weighted by Gasteiger charge is -2.35. The zero-order valence-electron chi connectivity index (χ0n) is 17.6. The average Bonchev–Trinajstić information content (AvgIpc) is 2.67. The van der Waals surface area contributed by atoms with E-state index < -0.39 is 5.60 Å². The van der Waals surface area contributed by atoms with Gasteiger partial charge >= 0.3 is 6.09 Å². The largest absolute Gasteiger partial charge is 0.497 e. The molecule has 6 nitrogen and oxygen atoms in total. The minimum atomic E-state index is -0.496. The first-order chi connectivity index (χ1) is 13.8. The number of anilines is 1. The van der Waals surface area contributed by atoms with Gasteiger partial charge in [-0.2, -0.15) is 0 Å². The molecular weight excluding hydrogens is 368 g/mol. The first-order valence-corrected chi connectivity index (χ1v) is 9.99. The maximum absolute atomic E-state index is 12.1. The van der Waals surface area contributed by atoms with E-state index in [0.29, 0.717) is 0 Å². The number of ether oxygens (including phenoxy) is 3. The highest BCUT2D eigenvalue weighted by atomic mass is 16.6. The van der Waals surface area contributed by atoms with E-state index in [1.807, 2.05) is 63.2 Å². The highest BCUT2D eigenvalue weighted by Gasteiger charge is 2.24. The van der Waals surface area contributed by atoms with Crippen LogP contribution in [-0.4, -0.2) is 37.9 Å². The minimum Gasteiger partial charge on any atom is -0.497 e. The van der Waals surface area contributed by atoms with Crippen LogP contribution < -0.4 is 19.7 Å². The molecule has 2 aromatic rings. The summed E-state index contributed by atoms with van der Waals surface area (Å²) in [6, 6.07) is 15.6. The Morgan fingerprint density at radius 3 is 2.48 bits per heavy atom. The van der Waals surface area contributed by atoms with Gasteiger partial charge in [0, 0.05) is 37.0 Å². The van der Waals surface area contributed by atoms with Crippen LogP contribution in [0.1, 0.15) is 33.6 Å². The molecule has 6 heteroatoms. The van der Waals surface area contributed by atoms with Crippen LogP contribution in [0.3, 0.4) is 0 Å². The summed E-state index contributed by atoms with van der Waals surface area (Å²) >= 11 is 0. The van der Waals surface area contributed by atoms with Crippen molar-refractivity contribution in [3.05, 3.63) is 48.5 Å². The fourth-order valence-corrected chi connectivity index (χ4v) is 3.35. The second-order valence-corrected chi connectivity index (χ2v) is 8.21. The average molecular weight is 399 g/mol. The summed E-state index contributed by atoms with van der Waals surface area (Å²) in [5.41, 5.74) is 0.575. The van der Waals surface area contributed by atoms with Gasteiger partial charge in [-0.25, -0.2) is 4.79 Å². The number of nitrogens with zero attached hydrogens (tertiary/aromatic N) is 1. The van der Waals surface area contributed by atoms with E-state index in [1.54, 1.807) is 7.11 Å². The lowest BCUT2D eigenvalue weighted by Crippen LogP contribution is -2.49. The van der Waals surface area contributed by atoms with Crippen LogP contribution >= 0.6 is 0 Å². The number of benzene rings is 2. The van der Waals surface area contributed by atoms with Crippen molar-refractivity contribution in [3.8, 4) is 17.2 Å². The number of methoxy groups -OCH3 is 1.